The molecule has 1 saturated heterocycles. The molecule has 3 aromatic rings. The van der Waals surface area contributed by atoms with Gasteiger partial charge in [-0.1, -0.05) is 0 Å². The third kappa shape index (κ3) is 5.07. The number of fused-ring (bicyclic) bond motifs is 1. The summed E-state index contributed by atoms with van der Waals surface area (Å²) < 4.78 is 7.87. The van der Waals surface area contributed by atoms with Crippen LogP contribution in [0.1, 0.15) is 6.42 Å². The number of anilines is 1. The molecule has 4 rings (SSSR count). The van der Waals surface area contributed by atoms with Crippen LogP contribution in [0, 0.1) is 0 Å². The number of rotatable bonds is 8. The van der Waals surface area contributed by atoms with Crippen LogP contribution in [0.15, 0.2) is 36.8 Å². The Hall–Kier alpha value is -2.16. The number of nitrogens with zero attached hydrogens (tertiary/aromatic N) is 4. The Labute approximate surface area is 173 Å². The summed E-state index contributed by atoms with van der Waals surface area (Å²) in [4.78, 5) is 14.1. The van der Waals surface area contributed by atoms with E-state index in [0.717, 1.165) is 60.1 Å². The fourth-order valence-electron chi connectivity index (χ4n) is 3.37. The monoisotopic (exact) mass is 414 g/mol. The molecule has 0 spiro atoms. The van der Waals surface area contributed by atoms with Crippen molar-refractivity contribution in [2.45, 2.75) is 19.2 Å². The first-order valence-corrected chi connectivity index (χ1v) is 13.0. The Balaban J connectivity index is 1.50. The molecule has 0 bridgehead atoms. The van der Waals surface area contributed by atoms with E-state index >= 15 is 0 Å². The van der Waals surface area contributed by atoms with Crippen molar-refractivity contribution in [1.82, 2.24) is 24.8 Å². The molecule has 7 nitrogen and oxygen atoms in total. The normalized spacial score (nSPS) is 17.7. The number of aromatic nitrogens is 4. The van der Waals surface area contributed by atoms with Gasteiger partial charge in [-0.15, -0.1) is 0 Å². The first kappa shape index (κ1) is 20.1. The summed E-state index contributed by atoms with van der Waals surface area (Å²) in [5.74, 6) is 1.97. The van der Waals surface area contributed by atoms with Gasteiger partial charge >= 0.3 is 0 Å². The van der Waals surface area contributed by atoms with E-state index in [1.165, 1.54) is 0 Å². The van der Waals surface area contributed by atoms with Gasteiger partial charge < -0.3 is 19.9 Å². The van der Waals surface area contributed by atoms with Crippen LogP contribution in [0.4, 0.5) is 5.82 Å². The number of pyridine rings is 1. The third-order valence-electron chi connectivity index (χ3n) is 5.02. The molecule has 2 N–H and O–H groups in total. The zero-order valence-corrected chi connectivity index (χ0v) is 18.2. The molecule has 1 unspecified atom stereocenters. The van der Waals surface area contributed by atoms with Gasteiger partial charge in [0, 0.05) is 36.3 Å². The van der Waals surface area contributed by atoms with Crippen LogP contribution in [0.5, 0.6) is 0 Å². The van der Waals surface area contributed by atoms with Crippen molar-refractivity contribution in [2.75, 3.05) is 49.5 Å². The minimum Gasteiger partial charge on any atom is -0.365 e. The maximum atomic E-state index is 5.86. The Morgan fingerprint density at radius 2 is 2.17 bits per heavy atom. The highest BCUT2D eigenvalue weighted by Crippen LogP contribution is 2.33. The molecule has 29 heavy (non-hydrogen) atoms. The third-order valence-corrected chi connectivity index (χ3v) is 6.41. The van der Waals surface area contributed by atoms with Crippen molar-refractivity contribution in [1.29, 1.82) is 0 Å². The highest BCUT2D eigenvalue weighted by atomic mass is 32.3. The highest BCUT2D eigenvalue weighted by Gasteiger charge is 2.17. The van der Waals surface area contributed by atoms with Gasteiger partial charge in [0.15, 0.2) is 5.65 Å². The zero-order valence-electron chi connectivity index (χ0n) is 17.4. The topological polar surface area (TPSA) is 76.9 Å². The summed E-state index contributed by atoms with van der Waals surface area (Å²) in [6, 6.07) is 6.38. The summed E-state index contributed by atoms with van der Waals surface area (Å²) in [7, 11) is -0.535. The van der Waals surface area contributed by atoms with E-state index in [4.69, 9.17) is 9.72 Å². The summed E-state index contributed by atoms with van der Waals surface area (Å²) >= 11 is 0. The molecule has 1 aliphatic rings. The highest BCUT2D eigenvalue weighted by molar-refractivity contribution is 8.32. The van der Waals surface area contributed by atoms with Crippen molar-refractivity contribution in [2.24, 2.45) is 0 Å². The number of ether oxygens (including phenoxy) is 1. The summed E-state index contributed by atoms with van der Waals surface area (Å²) in [5.41, 5.74) is 3.51. The summed E-state index contributed by atoms with van der Waals surface area (Å²) in [6.07, 6.45) is 13.6. The molecular formula is C21H30N6OS. The molecule has 3 aromatic heterocycles. The van der Waals surface area contributed by atoms with E-state index in [1.54, 1.807) is 0 Å². The second-order valence-electron chi connectivity index (χ2n) is 8.32. The summed E-state index contributed by atoms with van der Waals surface area (Å²) in [6.45, 7) is 3.27. The Bertz CT molecular complexity index is 961. The minimum atomic E-state index is -0.535. The second kappa shape index (κ2) is 8.69. The van der Waals surface area contributed by atoms with Crippen LogP contribution >= 0.6 is 10.0 Å². The molecule has 4 heterocycles. The molecule has 156 valence electrons. The lowest BCUT2D eigenvalue weighted by Crippen LogP contribution is -2.23. The molecule has 0 radical (unpaired) electrons. The number of hydrogen-bond acceptors (Lipinski definition) is 6. The first-order chi connectivity index (χ1) is 14.0. The fraction of sp³-hybridized carbons (Fsp3) is 0.476. The average Bonchev–Trinajstić information content (AvgIpc) is 3.34. The van der Waals surface area contributed by atoms with Crippen molar-refractivity contribution in [3.05, 3.63) is 36.8 Å². The van der Waals surface area contributed by atoms with Crippen molar-refractivity contribution >= 4 is 27.0 Å². The van der Waals surface area contributed by atoms with Gasteiger partial charge in [-0.3, -0.25) is 0 Å². The molecule has 1 atom stereocenters. The molecule has 0 saturated carbocycles. The van der Waals surface area contributed by atoms with Gasteiger partial charge in [-0.2, -0.15) is 0 Å². The molecule has 0 amide bonds. The number of hydrogen-bond donors (Lipinski definition) is 2. The second-order valence-corrected chi connectivity index (χ2v) is 12.9. The van der Waals surface area contributed by atoms with Crippen LogP contribution in [-0.2, 0) is 11.5 Å². The maximum absolute atomic E-state index is 5.86. The van der Waals surface area contributed by atoms with Crippen molar-refractivity contribution in [3.8, 4) is 11.3 Å². The SMILES string of the molecule is CS(C)(C)CCOCn1ccc2nc(-c3cccnc3NC3CCNC3)cnc21. The maximum Gasteiger partial charge on any atom is 0.160 e. The molecule has 1 aliphatic heterocycles. The lowest BCUT2D eigenvalue weighted by molar-refractivity contribution is 0.0923. The van der Waals surface area contributed by atoms with Gasteiger partial charge in [0.1, 0.15) is 18.1 Å². The molecular weight excluding hydrogens is 384 g/mol. The molecule has 8 heteroatoms. The van der Waals surface area contributed by atoms with E-state index in [1.807, 2.05) is 41.4 Å². The average molecular weight is 415 g/mol. The predicted molar refractivity (Wildman–Crippen MR) is 122 cm³/mol. The van der Waals surface area contributed by atoms with E-state index in [-0.39, 0.29) is 0 Å². The quantitative estimate of drug-likeness (QED) is 0.552. The van der Waals surface area contributed by atoms with Crippen LogP contribution in [-0.4, -0.2) is 69.8 Å². The van der Waals surface area contributed by atoms with Gasteiger partial charge in [0.25, 0.3) is 0 Å². The summed E-state index contributed by atoms with van der Waals surface area (Å²) in [5, 5.41) is 6.92. The first-order valence-electron chi connectivity index (χ1n) is 9.98. The van der Waals surface area contributed by atoms with Gasteiger partial charge in [-0.25, -0.2) is 25.0 Å². The largest absolute Gasteiger partial charge is 0.365 e. The van der Waals surface area contributed by atoms with E-state index in [0.29, 0.717) is 12.8 Å². The van der Waals surface area contributed by atoms with Gasteiger partial charge in [0.05, 0.1) is 18.5 Å². The van der Waals surface area contributed by atoms with Gasteiger partial charge in [0.2, 0.25) is 0 Å². The van der Waals surface area contributed by atoms with Gasteiger partial charge in [-0.05, 0) is 49.9 Å². The van der Waals surface area contributed by atoms with Crippen LogP contribution < -0.4 is 10.6 Å². The standard InChI is InChI=1S/C21H30N6OS/c1-29(2,3)12-11-28-15-27-10-7-18-21(27)24-14-19(26-18)17-5-4-8-23-20(17)25-16-6-9-22-13-16/h4-5,7-8,10,14,16,22H,6,9,11-13,15H2,1-3H3,(H,23,25). The molecule has 1 fully saturated rings. The van der Waals surface area contributed by atoms with Crippen LogP contribution in [0.2, 0.25) is 0 Å². The van der Waals surface area contributed by atoms with E-state index < -0.39 is 10.0 Å². The number of nitrogens with one attached hydrogen (secondary N) is 2. The van der Waals surface area contributed by atoms with Crippen molar-refractivity contribution < 1.29 is 4.74 Å². The smallest absolute Gasteiger partial charge is 0.160 e. The lowest BCUT2D eigenvalue weighted by Gasteiger charge is -2.24. The zero-order chi connectivity index (χ0) is 20.3. The fourth-order valence-corrected chi connectivity index (χ4v) is 3.98. The Morgan fingerprint density at radius 3 is 2.97 bits per heavy atom. The van der Waals surface area contributed by atoms with Crippen LogP contribution in [0.3, 0.4) is 0 Å². The van der Waals surface area contributed by atoms with E-state index in [2.05, 4.69) is 39.4 Å². The van der Waals surface area contributed by atoms with E-state index in [9.17, 15) is 0 Å². The Morgan fingerprint density at radius 1 is 1.28 bits per heavy atom. The molecule has 0 aromatic carbocycles. The predicted octanol–water partition coefficient (Wildman–Crippen LogP) is 2.94. The van der Waals surface area contributed by atoms with Crippen LogP contribution in [0.25, 0.3) is 22.4 Å². The Kier molecular flexibility index (Phi) is 6.03. The van der Waals surface area contributed by atoms with Crippen molar-refractivity contribution in [3.63, 3.8) is 0 Å². The minimum absolute atomic E-state index is 0.397. The molecule has 0 aliphatic carbocycles. The lowest BCUT2D eigenvalue weighted by atomic mass is 10.1.